The molecular formula is H5LiMnO4. The number of hydrogen-bond acceptors (Lipinski definition) is 1. The molecule has 0 aliphatic heterocycles. The summed E-state index contributed by atoms with van der Waals surface area (Å²) < 4.78 is 0. The first-order valence-electron chi connectivity index (χ1n) is 0. The summed E-state index contributed by atoms with van der Waals surface area (Å²) in [5, 5.41) is 0. The smallest absolute Gasteiger partial charge is 2.00 e. The maximum Gasteiger partial charge on any atom is 2.00 e. The van der Waals surface area contributed by atoms with Gasteiger partial charge in [0.1, 0.15) is 0 Å². The second-order valence-corrected chi connectivity index (χ2v) is 0. The van der Waals surface area contributed by atoms with Gasteiger partial charge in [-0.1, -0.05) is 0 Å². The van der Waals surface area contributed by atoms with Crippen LogP contribution < -0.4 is 18.9 Å². The van der Waals surface area contributed by atoms with E-state index in [1.165, 1.54) is 0 Å². The summed E-state index contributed by atoms with van der Waals surface area (Å²) >= 11 is 0. The standard InChI is InChI=1S/Li.Mn.3H2O.O/h;;3*1H2;/q+1;+2;;;;-2/p-1. The average molecular weight is 131 g/mol. The van der Waals surface area contributed by atoms with E-state index >= 15 is 0 Å². The molecule has 0 aliphatic carbocycles. The van der Waals surface area contributed by atoms with Crippen molar-refractivity contribution in [3.8, 4) is 0 Å². The van der Waals surface area contributed by atoms with Crippen LogP contribution in [0.3, 0.4) is 0 Å². The molecule has 6 heteroatoms. The molecule has 4 nitrogen and oxygen atoms in total. The largest absolute Gasteiger partial charge is 2.00 e. The zero-order valence-electron chi connectivity index (χ0n) is 3.23. The average Bonchev–Trinajstić information content (AvgIpc) is 0. The van der Waals surface area contributed by atoms with Gasteiger partial charge in [-0.05, 0) is 0 Å². The third-order valence-corrected chi connectivity index (χ3v) is 0. The predicted molar refractivity (Wildman–Crippen MR) is 9.85 cm³/mol. The molecule has 0 aliphatic rings. The topological polar surface area (TPSA) is 122 Å². The predicted octanol–water partition coefficient (Wildman–Crippen LogP) is -4.94. The van der Waals surface area contributed by atoms with Crippen LogP contribution in [0.15, 0.2) is 0 Å². The molecule has 0 unspecified atom stereocenters. The fraction of sp³-hybridized carbons (Fsp3) is 0. The van der Waals surface area contributed by atoms with Crippen molar-refractivity contribution in [3.63, 3.8) is 0 Å². The molecule has 37 valence electrons. The van der Waals surface area contributed by atoms with Crippen LogP contribution in [-0.4, -0.2) is 16.4 Å². The van der Waals surface area contributed by atoms with Crippen LogP contribution >= 0.6 is 0 Å². The van der Waals surface area contributed by atoms with Crippen molar-refractivity contribution in [3.05, 3.63) is 0 Å². The minimum absolute atomic E-state index is 0. The van der Waals surface area contributed by atoms with Gasteiger partial charge in [-0.25, -0.2) is 0 Å². The van der Waals surface area contributed by atoms with Crippen molar-refractivity contribution in [2.75, 3.05) is 0 Å². The second-order valence-electron chi connectivity index (χ2n) is 0. The number of hydrogen-bond donors (Lipinski definition) is 0. The van der Waals surface area contributed by atoms with Crippen molar-refractivity contribution in [2.24, 2.45) is 0 Å². The molecule has 5 N–H and O–H groups in total. The summed E-state index contributed by atoms with van der Waals surface area (Å²) in [5.74, 6) is 0. The normalized spacial score (nSPS) is 0. The van der Waals surface area contributed by atoms with Crippen molar-refractivity contribution in [2.45, 2.75) is 0 Å². The maximum absolute atomic E-state index is 0. The van der Waals surface area contributed by atoms with Crippen LogP contribution in [0.1, 0.15) is 0 Å². The van der Waals surface area contributed by atoms with Gasteiger partial charge < -0.3 is 21.9 Å². The van der Waals surface area contributed by atoms with Crippen LogP contribution in [-0.2, 0) is 22.5 Å². The van der Waals surface area contributed by atoms with E-state index in [0.29, 0.717) is 0 Å². The van der Waals surface area contributed by atoms with E-state index in [4.69, 9.17) is 0 Å². The Kier molecular flexibility index (Phi) is 7180. The third kappa shape index (κ3) is 84.8. The van der Waals surface area contributed by atoms with E-state index in [1.807, 2.05) is 0 Å². The van der Waals surface area contributed by atoms with Gasteiger partial charge in [0, 0.05) is 0 Å². The van der Waals surface area contributed by atoms with Gasteiger partial charge in [0.2, 0.25) is 0 Å². The second kappa shape index (κ2) is 160. The molecule has 0 spiro atoms. The van der Waals surface area contributed by atoms with Crippen LogP contribution in [0.5, 0.6) is 0 Å². The maximum atomic E-state index is 0. The molecule has 0 fully saturated rings. The van der Waals surface area contributed by atoms with Crippen molar-refractivity contribution >= 4 is 0 Å². The van der Waals surface area contributed by atoms with E-state index in [0.717, 1.165) is 0 Å². The molecule has 0 saturated carbocycles. The summed E-state index contributed by atoms with van der Waals surface area (Å²) in [4.78, 5) is 0. The Hall–Kier alpha value is 0.957. The Morgan fingerprint density at radius 3 is 0.833 bits per heavy atom. The molecule has 0 atom stereocenters. The molecule has 0 amide bonds. The van der Waals surface area contributed by atoms with Crippen LogP contribution in [0.2, 0.25) is 0 Å². The third-order valence-electron chi connectivity index (χ3n) is 0. The van der Waals surface area contributed by atoms with E-state index in [1.54, 1.807) is 0 Å². The summed E-state index contributed by atoms with van der Waals surface area (Å²) in [6, 6.07) is 0. The molecular weight excluding hydrogens is 126 g/mol. The first-order chi connectivity index (χ1) is 0. The quantitative estimate of drug-likeness (QED) is 0.300. The monoisotopic (exact) mass is 131 g/mol. The summed E-state index contributed by atoms with van der Waals surface area (Å²) in [7, 11) is 0. The van der Waals surface area contributed by atoms with Gasteiger partial charge in [-0.3, -0.25) is 0 Å². The Bertz CT molecular complexity index is 7.51. The van der Waals surface area contributed by atoms with E-state index < -0.39 is 0 Å². The van der Waals surface area contributed by atoms with Crippen LogP contribution in [0, 0.1) is 0 Å². The molecule has 0 aromatic carbocycles. The SMILES string of the molecule is O.O.[Li+].[Mn+2].[O-2].[OH-]. The molecule has 1 radical (unpaired) electrons. The fourth-order valence-corrected chi connectivity index (χ4v) is 0. The van der Waals surface area contributed by atoms with Crippen molar-refractivity contribution < 1.29 is 57.8 Å². The Morgan fingerprint density at radius 2 is 0.833 bits per heavy atom. The molecule has 6 heavy (non-hydrogen) atoms. The Labute approximate surface area is 58.2 Å². The van der Waals surface area contributed by atoms with Gasteiger partial charge in [-0.2, -0.15) is 0 Å². The summed E-state index contributed by atoms with van der Waals surface area (Å²) in [6.07, 6.45) is 0. The number of rotatable bonds is 0. The minimum atomic E-state index is 0. The van der Waals surface area contributed by atoms with E-state index in [9.17, 15) is 0 Å². The first-order valence-corrected chi connectivity index (χ1v) is 0. The molecule has 0 saturated heterocycles. The summed E-state index contributed by atoms with van der Waals surface area (Å²) in [5.41, 5.74) is 0. The molecule has 0 bridgehead atoms. The fourth-order valence-electron chi connectivity index (χ4n) is 0. The molecule has 0 aromatic rings. The van der Waals surface area contributed by atoms with Crippen molar-refractivity contribution in [1.82, 2.24) is 0 Å². The Balaban J connectivity index is 0. The zero-order chi connectivity index (χ0) is 0. The van der Waals surface area contributed by atoms with Crippen LogP contribution in [0.4, 0.5) is 0 Å². The van der Waals surface area contributed by atoms with Gasteiger partial charge in [-0.15, -0.1) is 0 Å². The van der Waals surface area contributed by atoms with Crippen molar-refractivity contribution in [1.29, 1.82) is 0 Å². The summed E-state index contributed by atoms with van der Waals surface area (Å²) in [6.45, 7) is 0. The van der Waals surface area contributed by atoms with Gasteiger partial charge in [0.05, 0.1) is 0 Å². The first kappa shape index (κ1) is 270. The zero-order valence-corrected chi connectivity index (χ0v) is 4.41. The molecule has 0 aromatic heterocycles. The van der Waals surface area contributed by atoms with E-state index in [2.05, 4.69) is 0 Å². The molecule has 0 heterocycles. The molecule has 0 rings (SSSR count). The van der Waals surface area contributed by atoms with Gasteiger partial charge >= 0.3 is 35.9 Å². The minimum Gasteiger partial charge on any atom is -2.00 e. The van der Waals surface area contributed by atoms with Crippen LogP contribution in [0.25, 0.3) is 0 Å². The Morgan fingerprint density at radius 1 is 0.833 bits per heavy atom. The van der Waals surface area contributed by atoms with Gasteiger partial charge in [0.25, 0.3) is 0 Å². The van der Waals surface area contributed by atoms with E-state index in [-0.39, 0.29) is 57.8 Å². The van der Waals surface area contributed by atoms with Gasteiger partial charge in [0.15, 0.2) is 0 Å².